The van der Waals surface area contributed by atoms with Gasteiger partial charge in [0, 0.05) is 13.5 Å². The van der Waals surface area contributed by atoms with Crippen LogP contribution in [0.15, 0.2) is 0 Å². The molecular formula is C10H17NO3. The molecule has 1 aliphatic rings. The van der Waals surface area contributed by atoms with E-state index < -0.39 is 0 Å². The fraction of sp³-hybridized carbons (Fsp3) is 0.800. The molecule has 0 aromatic rings. The zero-order valence-corrected chi connectivity index (χ0v) is 8.95. The van der Waals surface area contributed by atoms with Crippen LogP contribution in [0.25, 0.3) is 0 Å². The Labute approximate surface area is 84.2 Å². The van der Waals surface area contributed by atoms with Crippen molar-refractivity contribution < 1.29 is 14.3 Å². The van der Waals surface area contributed by atoms with Crippen molar-refractivity contribution in [2.24, 2.45) is 0 Å². The number of ether oxygens (including phenoxy) is 1. The van der Waals surface area contributed by atoms with E-state index in [-0.39, 0.29) is 24.0 Å². The first-order valence-electron chi connectivity index (χ1n) is 5.00. The number of esters is 1. The van der Waals surface area contributed by atoms with E-state index >= 15 is 0 Å². The molecule has 1 amide bonds. The molecule has 0 bridgehead atoms. The minimum Gasteiger partial charge on any atom is -0.461 e. The van der Waals surface area contributed by atoms with E-state index in [0.717, 1.165) is 12.8 Å². The van der Waals surface area contributed by atoms with Crippen LogP contribution in [0.3, 0.4) is 0 Å². The Morgan fingerprint density at radius 2 is 2.07 bits per heavy atom. The summed E-state index contributed by atoms with van der Waals surface area (Å²) in [6.07, 6.45) is 1.50. The second-order valence-electron chi connectivity index (χ2n) is 3.86. The first-order valence-corrected chi connectivity index (χ1v) is 5.00. The molecule has 0 aromatic heterocycles. The molecule has 0 N–H and O–H groups in total. The molecule has 0 spiro atoms. The quantitative estimate of drug-likeness (QED) is 0.622. The first kappa shape index (κ1) is 11.0. The van der Waals surface area contributed by atoms with Gasteiger partial charge in [-0.1, -0.05) is 0 Å². The summed E-state index contributed by atoms with van der Waals surface area (Å²) >= 11 is 0. The third kappa shape index (κ3) is 2.47. The third-order valence-electron chi connectivity index (χ3n) is 2.28. The zero-order valence-electron chi connectivity index (χ0n) is 8.95. The molecule has 1 fully saturated rings. The van der Waals surface area contributed by atoms with Crippen LogP contribution in [0.1, 0.15) is 33.6 Å². The minimum atomic E-state index is -0.352. The van der Waals surface area contributed by atoms with E-state index in [9.17, 15) is 9.59 Å². The molecular weight excluding hydrogens is 182 g/mol. The van der Waals surface area contributed by atoms with Crippen molar-refractivity contribution in [3.63, 3.8) is 0 Å². The largest absolute Gasteiger partial charge is 0.461 e. The highest BCUT2D eigenvalue weighted by Gasteiger charge is 2.33. The van der Waals surface area contributed by atoms with Gasteiger partial charge >= 0.3 is 5.97 Å². The maximum atomic E-state index is 11.6. The monoisotopic (exact) mass is 199 g/mol. The summed E-state index contributed by atoms with van der Waals surface area (Å²) in [5.41, 5.74) is 0. The van der Waals surface area contributed by atoms with Gasteiger partial charge in [0.05, 0.1) is 6.10 Å². The van der Waals surface area contributed by atoms with Crippen LogP contribution in [0.5, 0.6) is 0 Å². The van der Waals surface area contributed by atoms with Gasteiger partial charge in [-0.25, -0.2) is 4.79 Å². The van der Waals surface area contributed by atoms with Gasteiger partial charge in [-0.05, 0) is 26.7 Å². The number of carbonyl (C=O) groups is 2. The standard InChI is InChI=1S/C10H17NO3/c1-7(2)14-10(13)9-5-4-6-11(9)8(3)12/h7,9H,4-6H2,1-3H3. The van der Waals surface area contributed by atoms with Crippen molar-refractivity contribution in [3.8, 4) is 0 Å². The summed E-state index contributed by atoms with van der Waals surface area (Å²) in [4.78, 5) is 24.3. The Bertz CT molecular complexity index is 238. The normalized spacial score (nSPS) is 21.4. The first-order chi connectivity index (χ1) is 6.52. The Morgan fingerprint density at radius 1 is 1.43 bits per heavy atom. The van der Waals surface area contributed by atoms with Crippen molar-refractivity contribution in [1.82, 2.24) is 4.90 Å². The van der Waals surface area contributed by atoms with Gasteiger partial charge in [0.2, 0.25) is 5.91 Å². The average Bonchev–Trinajstić information content (AvgIpc) is 2.49. The molecule has 80 valence electrons. The van der Waals surface area contributed by atoms with Crippen molar-refractivity contribution in [2.75, 3.05) is 6.54 Å². The molecule has 4 nitrogen and oxygen atoms in total. The number of likely N-dealkylation sites (tertiary alicyclic amines) is 1. The van der Waals surface area contributed by atoms with Crippen molar-refractivity contribution >= 4 is 11.9 Å². The Morgan fingerprint density at radius 3 is 2.57 bits per heavy atom. The molecule has 0 radical (unpaired) electrons. The van der Waals surface area contributed by atoms with Crippen LogP contribution in [0.2, 0.25) is 0 Å². The highest BCUT2D eigenvalue weighted by molar-refractivity contribution is 5.84. The van der Waals surface area contributed by atoms with Gasteiger partial charge in [0.25, 0.3) is 0 Å². The average molecular weight is 199 g/mol. The molecule has 1 atom stereocenters. The highest BCUT2D eigenvalue weighted by atomic mass is 16.5. The van der Waals surface area contributed by atoms with E-state index in [1.165, 1.54) is 6.92 Å². The predicted molar refractivity (Wildman–Crippen MR) is 51.6 cm³/mol. The minimum absolute atomic E-state index is 0.0480. The Hall–Kier alpha value is -1.06. The summed E-state index contributed by atoms with van der Waals surface area (Å²) in [7, 11) is 0. The number of nitrogens with zero attached hydrogens (tertiary/aromatic N) is 1. The van der Waals surface area contributed by atoms with Gasteiger partial charge in [-0.2, -0.15) is 0 Å². The van der Waals surface area contributed by atoms with Crippen molar-refractivity contribution in [1.29, 1.82) is 0 Å². The van der Waals surface area contributed by atoms with Crippen LogP contribution in [0, 0.1) is 0 Å². The zero-order chi connectivity index (χ0) is 10.7. The maximum absolute atomic E-state index is 11.6. The van der Waals surface area contributed by atoms with Gasteiger partial charge in [-0.15, -0.1) is 0 Å². The Balaban J connectivity index is 2.58. The van der Waals surface area contributed by atoms with E-state index in [4.69, 9.17) is 4.74 Å². The summed E-state index contributed by atoms with van der Waals surface area (Å²) in [6.45, 7) is 5.78. The highest BCUT2D eigenvalue weighted by Crippen LogP contribution is 2.18. The number of carbonyl (C=O) groups excluding carboxylic acids is 2. The molecule has 1 unspecified atom stereocenters. The van der Waals surface area contributed by atoms with Crippen LogP contribution in [-0.4, -0.2) is 35.5 Å². The summed E-state index contributed by atoms with van der Waals surface area (Å²) < 4.78 is 5.08. The van der Waals surface area contributed by atoms with Gasteiger partial charge in [0.1, 0.15) is 6.04 Å². The molecule has 0 aliphatic carbocycles. The van der Waals surface area contributed by atoms with Gasteiger partial charge in [-0.3, -0.25) is 4.79 Å². The molecule has 0 aromatic carbocycles. The van der Waals surface area contributed by atoms with Crippen LogP contribution < -0.4 is 0 Å². The molecule has 1 rings (SSSR count). The molecule has 4 heteroatoms. The number of rotatable bonds is 2. The molecule has 1 saturated heterocycles. The predicted octanol–water partition coefficient (Wildman–Crippen LogP) is 0.949. The smallest absolute Gasteiger partial charge is 0.329 e. The number of hydrogen-bond donors (Lipinski definition) is 0. The van der Waals surface area contributed by atoms with Crippen LogP contribution in [0.4, 0.5) is 0 Å². The maximum Gasteiger partial charge on any atom is 0.329 e. The third-order valence-corrected chi connectivity index (χ3v) is 2.28. The lowest BCUT2D eigenvalue weighted by Gasteiger charge is -2.22. The lowest BCUT2D eigenvalue weighted by Crippen LogP contribution is -2.40. The Kier molecular flexibility index (Phi) is 3.49. The van der Waals surface area contributed by atoms with Crippen LogP contribution >= 0.6 is 0 Å². The van der Waals surface area contributed by atoms with Crippen LogP contribution in [-0.2, 0) is 14.3 Å². The topological polar surface area (TPSA) is 46.6 Å². The number of hydrogen-bond acceptors (Lipinski definition) is 3. The second-order valence-corrected chi connectivity index (χ2v) is 3.86. The molecule has 14 heavy (non-hydrogen) atoms. The van der Waals surface area contributed by atoms with Gasteiger partial charge in [0.15, 0.2) is 0 Å². The summed E-state index contributed by atoms with van der Waals surface area (Å²) in [6, 6.07) is -0.352. The van der Waals surface area contributed by atoms with Crippen molar-refractivity contribution in [2.45, 2.75) is 45.8 Å². The van der Waals surface area contributed by atoms with E-state index in [1.54, 1.807) is 4.90 Å². The molecule has 1 aliphatic heterocycles. The van der Waals surface area contributed by atoms with E-state index in [0.29, 0.717) is 6.54 Å². The SMILES string of the molecule is CC(=O)N1CCCC1C(=O)OC(C)C. The fourth-order valence-electron chi connectivity index (χ4n) is 1.70. The van der Waals surface area contributed by atoms with E-state index in [1.807, 2.05) is 13.8 Å². The fourth-order valence-corrected chi connectivity index (χ4v) is 1.70. The number of amides is 1. The summed E-state index contributed by atoms with van der Waals surface area (Å²) in [5.74, 6) is -0.319. The second kappa shape index (κ2) is 4.44. The van der Waals surface area contributed by atoms with Gasteiger partial charge < -0.3 is 9.64 Å². The van der Waals surface area contributed by atoms with Crippen molar-refractivity contribution in [3.05, 3.63) is 0 Å². The summed E-state index contributed by atoms with van der Waals surface area (Å²) in [5, 5.41) is 0. The molecule has 0 saturated carbocycles. The lowest BCUT2D eigenvalue weighted by atomic mass is 10.2. The van der Waals surface area contributed by atoms with E-state index in [2.05, 4.69) is 0 Å². The lowest BCUT2D eigenvalue weighted by molar-refractivity contribution is -0.156. The molecule has 1 heterocycles.